The van der Waals surface area contributed by atoms with E-state index in [-0.39, 0.29) is 64.1 Å². The summed E-state index contributed by atoms with van der Waals surface area (Å²) in [5.41, 5.74) is 3.99. The van der Waals surface area contributed by atoms with Gasteiger partial charge in [-0.05, 0) is 71.3 Å². The predicted molar refractivity (Wildman–Crippen MR) is 179 cm³/mol. The summed E-state index contributed by atoms with van der Waals surface area (Å²) in [6, 6.07) is 1.15. The third-order valence-corrected chi connectivity index (χ3v) is 9.04. The van der Waals surface area contributed by atoms with Gasteiger partial charge in [0.15, 0.2) is 5.82 Å². The number of H-pyrrole nitrogens is 1. The Morgan fingerprint density at radius 1 is 1.14 bits per heavy atom. The first kappa shape index (κ1) is 35.0. The van der Waals surface area contributed by atoms with Gasteiger partial charge in [0.05, 0.1) is 42.2 Å². The van der Waals surface area contributed by atoms with E-state index >= 15 is 4.39 Å². The molecule has 6 heterocycles. The number of halogens is 5. The van der Waals surface area contributed by atoms with Crippen molar-refractivity contribution in [2.45, 2.75) is 59.3 Å². The summed E-state index contributed by atoms with van der Waals surface area (Å²) in [5.74, 6) is -0.784. The van der Waals surface area contributed by atoms with E-state index in [1.165, 1.54) is 44.8 Å². The number of rotatable bonds is 5. The maximum Gasteiger partial charge on any atom is 0.417 e. The van der Waals surface area contributed by atoms with Gasteiger partial charge < -0.3 is 25.0 Å². The van der Waals surface area contributed by atoms with Crippen LogP contribution in [0.1, 0.15) is 56.8 Å². The Balaban J connectivity index is 0.000000552. The van der Waals surface area contributed by atoms with Crippen molar-refractivity contribution in [2.75, 3.05) is 44.0 Å². The average molecular weight is 700 g/mol. The Morgan fingerprint density at radius 2 is 1.90 bits per heavy atom. The smallest absolute Gasteiger partial charge is 0.417 e. The number of aromatic nitrogens is 6. The number of nitrogens with two attached hydrogens (primary N) is 1. The minimum atomic E-state index is -4.85. The first-order valence-electron chi connectivity index (χ1n) is 16.3. The number of aryl methyl sites for hydroxylation is 1. The fourth-order valence-electron chi connectivity index (χ4n) is 6.75. The van der Waals surface area contributed by atoms with Crippen LogP contribution in [0.3, 0.4) is 0 Å². The molecule has 2 aliphatic heterocycles. The fourth-order valence-corrected chi connectivity index (χ4v) is 6.75. The van der Waals surface area contributed by atoms with Gasteiger partial charge in [0.2, 0.25) is 5.88 Å². The Kier molecular flexibility index (Phi) is 9.41. The van der Waals surface area contributed by atoms with E-state index in [1.807, 2.05) is 0 Å². The average Bonchev–Trinajstić information content (AvgIpc) is 3.65. The third kappa shape index (κ3) is 6.43. The molecule has 50 heavy (non-hydrogen) atoms. The summed E-state index contributed by atoms with van der Waals surface area (Å²) in [6.07, 6.45) is -1.28. The number of alkyl halides is 3. The van der Waals surface area contributed by atoms with Crippen LogP contribution in [0, 0.1) is 24.5 Å². The van der Waals surface area contributed by atoms with Crippen LogP contribution in [0.15, 0.2) is 24.5 Å². The molecule has 0 bridgehead atoms. The molecule has 0 spiro atoms. The number of nitrogens with zero attached hydrogens (tertiary/aromatic N) is 7. The van der Waals surface area contributed by atoms with E-state index in [1.54, 1.807) is 25.7 Å². The molecule has 0 radical (unpaired) electrons. The van der Waals surface area contributed by atoms with Crippen LogP contribution in [0.5, 0.6) is 11.9 Å². The highest BCUT2D eigenvalue weighted by molar-refractivity contribution is 6.02. The van der Waals surface area contributed by atoms with Crippen LogP contribution in [0.25, 0.3) is 33.1 Å². The summed E-state index contributed by atoms with van der Waals surface area (Å²) in [4.78, 5) is 21.1. The third-order valence-electron chi connectivity index (χ3n) is 9.04. The minimum Gasteiger partial charge on any atom is -0.475 e. The number of ether oxygens (including phenoxy) is 2. The second-order valence-electron chi connectivity index (χ2n) is 12.9. The molecule has 11 nitrogen and oxygen atoms in total. The van der Waals surface area contributed by atoms with Gasteiger partial charge in [-0.25, -0.2) is 18.7 Å². The maximum atomic E-state index is 16.7. The SMILES string of the molecule is CC1CCN(C)C1.CCOc1nc2c3c(nc(-c4c(C(F)(F)F)c(C)cc5[nH]ncc45)c(F)c3n1)OC[C@H](C)N2C(C)c1cc(F)cnc1N. The highest BCUT2D eigenvalue weighted by atomic mass is 19.4. The van der Waals surface area contributed by atoms with Crippen molar-refractivity contribution in [3.05, 3.63) is 52.9 Å². The largest absolute Gasteiger partial charge is 0.475 e. The predicted octanol–water partition coefficient (Wildman–Crippen LogP) is 6.86. The van der Waals surface area contributed by atoms with Gasteiger partial charge in [0.1, 0.15) is 40.7 Å². The second kappa shape index (κ2) is 13.5. The fraction of sp³-hybridized carbons (Fsp3) is 0.441. The molecule has 1 saturated heterocycles. The van der Waals surface area contributed by atoms with E-state index in [0.29, 0.717) is 5.56 Å². The molecule has 16 heteroatoms. The van der Waals surface area contributed by atoms with Gasteiger partial charge in [0.25, 0.3) is 0 Å². The summed E-state index contributed by atoms with van der Waals surface area (Å²) in [5, 5.41) is 6.55. The summed E-state index contributed by atoms with van der Waals surface area (Å²) in [7, 11) is 2.18. The topological polar surface area (TPSA) is 131 Å². The lowest BCUT2D eigenvalue weighted by molar-refractivity contribution is -0.137. The van der Waals surface area contributed by atoms with Crippen LogP contribution < -0.4 is 20.1 Å². The molecule has 4 aromatic heterocycles. The second-order valence-corrected chi connectivity index (χ2v) is 12.9. The van der Waals surface area contributed by atoms with E-state index in [2.05, 4.69) is 49.0 Å². The van der Waals surface area contributed by atoms with Crippen molar-refractivity contribution in [1.82, 2.24) is 35.0 Å². The first-order chi connectivity index (χ1) is 23.7. The summed E-state index contributed by atoms with van der Waals surface area (Å²) >= 11 is 0. The molecule has 7 rings (SSSR count). The Morgan fingerprint density at radius 3 is 2.54 bits per heavy atom. The lowest BCUT2D eigenvalue weighted by Crippen LogP contribution is -2.39. The first-order valence-corrected chi connectivity index (χ1v) is 16.3. The van der Waals surface area contributed by atoms with Crippen molar-refractivity contribution >= 4 is 33.4 Å². The number of fused-ring (bicyclic) bond motifs is 1. The number of nitrogens with one attached hydrogen (secondary N) is 1. The Hall–Kier alpha value is -4.86. The van der Waals surface area contributed by atoms with Crippen molar-refractivity contribution < 1.29 is 31.4 Å². The molecule has 1 fully saturated rings. The number of nitrogen functional groups attached to an aromatic ring is 1. The lowest BCUT2D eigenvalue weighted by atomic mass is 9.94. The van der Waals surface area contributed by atoms with Gasteiger partial charge in [-0.3, -0.25) is 5.10 Å². The number of pyridine rings is 2. The number of aromatic amines is 1. The highest BCUT2D eigenvalue weighted by Gasteiger charge is 2.40. The van der Waals surface area contributed by atoms with Gasteiger partial charge in [-0.15, -0.1) is 0 Å². The highest BCUT2D eigenvalue weighted by Crippen LogP contribution is 2.47. The van der Waals surface area contributed by atoms with Crippen LogP contribution in [-0.2, 0) is 6.18 Å². The lowest BCUT2D eigenvalue weighted by Gasteiger charge is -2.35. The molecule has 2 unspecified atom stereocenters. The molecule has 266 valence electrons. The van der Waals surface area contributed by atoms with Crippen molar-refractivity contribution in [1.29, 1.82) is 0 Å². The molecule has 3 atom stereocenters. The minimum absolute atomic E-state index is 0.00786. The molecule has 0 saturated carbocycles. The van der Waals surface area contributed by atoms with Crippen molar-refractivity contribution in [2.24, 2.45) is 5.92 Å². The Labute approximate surface area is 285 Å². The number of likely N-dealkylation sites (tertiary alicyclic amines) is 1. The number of hydrogen-bond acceptors (Lipinski definition) is 10. The molecule has 0 amide bonds. The normalized spacial score (nSPS) is 18.5. The van der Waals surface area contributed by atoms with Gasteiger partial charge in [-0.1, -0.05) is 6.92 Å². The van der Waals surface area contributed by atoms with Crippen molar-refractivity contribution in [3.8, 4) is 23.1 Å². The molecule has 1 aromatic carbocycles. The molecular formula is C34H38F5N9O2. The van der Waals surface area contributed by atoms with Gasteiger partial charge in [0, 0.05) is 23.1 Å². The number of hydrogen-bond donors (Lipinski definition) is 2. The monoisotopic (exact) mass is 699 g/mol. The van der Waals surface area contributed by atoms with Crippen LogP contribution in [-0.4, -0.2) is 74.4 Å². The zero-order chi connectivity index (χ0) is 36.1. The molecule has 5 aromatic rings. The Bertz CT molecular complexity index is 2050. The quantitative estimate of drug-likeness (QED) is 0.188. The molecular weight excluding hydrogens is 661 g/mol. The van der Waals surface area contributed by atoms with Crippen LogP contribution in [0.4, 0.5) is 33.6 Å². The zero-order valence-corrected chi connectivity index (χ0v) is 28.5. The molecule has 0 aliphatic carbocycles. The summed E-state index contributed by atoms with van der Waals surface area (Å²) < 4.78 is 85.9. The number of benzene rings is 1. The molecule has 3 N–H and O–H groups in total. The van der Waals surface area contributed by atoms with Crippen LogP contribution in [0.2, 0.25) is 0 Å². The van der Waals surface area contributed by atoms with E-state index in [4.69, 9.17) is 15.2 Å². The van der Waals surface area contributed by atoms with Gasteiger partial charge >= 0.3 is 12.2 Å². The van der Waals surface area contributed by atoms with Gasteiger partial charge in [-0.2, -0.15) is 28.2 Å². The van der Waals surface area contributed by atoms with E-state index in [0.717, 1.165) is 12.1 Å². The van der Waals surface area contributed by atoms with Crippen LogP contribution >= 0.6 is 0 Å². The zero-order valence-electron chi connectivity index (χ0n) is 28.5. The maximum absolute atomic E-state index is 16.7. The van der Waals surface area contributed by atoms with E-state index < -0.39 is 46.7 Å². The standard InChI is InChI=1S/C28H25F5N8O2.C6H13N/c1-5-42-27-38-23-19-25(39-27)41(13(4)15-7-14(29)8-35-24(15)34)12(3)10-43-26(19)37-22(21(23)30)18-16-9-36-40-17(16)6-11(2)20(18)28(31,32)33;1-6-3-4-7(2)5-6/h6-9,12-13H,5,10H2,1-4H3,(H2,34,35)(H,36,40);6H,3-5H2,1-2H3/t12-,13?;/m0./s1. The molecule has 2 aliphatic rings. The van der Waals surface area contributed by atoms with Crippen molar-refractivity contribution in [3.63, 3.8) is 0 Å². The summed E-state index contributed by atoms with van der Waals surface area (Å²) in [6.45, 7) is 11.5. The van der Waals surface area contributed by atoms with E-state index in [9.17, 15) is 17.6 Å². The number of anilines is 2.